The summed E-state index contributed by atoms with van der Waals surface area (Å²) in [5.41, 5.74) is 0.574. The van der Waals surface area contributed by atoms with Crippen molar-refractivity contribution in [3.63, 3.8) is 0 Å². The molecule has 0 saturated carbocycles. The average molecular weight is 310 g/mol. The molecule has 3 nitrogen and oxygen atoms in total. The minimum Gasteiger partial charge on any atom is -0.307 e. The van der Waals surface area contributed by atoms with Gasteiger partial charge in [-0.2, -0.15) is 13.9 Å². The Hall–Kier alpha value is -1.60. The van der Waals surface area contributed by atoms with Gasteiger partial charge in [0.25, 0.3) is 0 Å². The number of hydrogen-bond donors (Lipinski definition) is 1. The van der Waals surface area contributed by atoms with Crippen LogP contribution >= 0.6 is 12.4 Å². The summed E-state index contributed by atoms with van der Waals surface area (Å²) in [7, 11) is 0. The Labute approximate surface area is 119 Å². The number of nitrogens with one attached hydrogen (secondary N) is 1. The van der Waals surface area contributed by atoms with E-state index in [1.165, 1.54) is 18.2 Å². The highest BCUT2D eigenvalue weighted by molar-refractivity contribution is 5.85. The third-order valence-electron chi connectivity index (χ3n) is 2.52. The summed E-state index contributed by atoms with van der Waals surface area (Å²) in [6, 6.07) is 5.31. The number of rotatable bonds is 5. The third kappa shape index (κ3) is 3.94. The van der Waals surface area contributed by atoms with Crippen LogP contribution in [0.1, 0.15) is 17.8 Å². The van der Waals surface area contributed by atoms with Gasteiger partial charge in [0.1, 0.15) is 0 Å². The molecule has 1 aromatic carbocycles. The van der Waals surface area contributed by atoms with E-state index in [4.69, 9.17) is 0 Å². The lowest BCUT2D eigenvalue weighted by Crippen LogP contribution is -2.15. The third-order valence-corrected chi connectivity index (χ3v) is 2.52. The van der Waals surface area contributed by atoms with E-state index >= 15 is 0 Å². The van der Waals surface area contributed by atoms with Crippen molar-refractivity contribution < 1.29 is 17.6 Å². The summed E-state index contributed by atoms with van der Waals surface area (Å²) in [6.45, 7) is -2.41. The van der Waals surface area contributed by atoms with Crippen LogP contribution in [0, 0.1) is 11.6 Å². The molecule has 110 valence electrons. The zero-order valence-electron chi connectivity index (χ0n) is 10.2. The van der Waals surface area contributed by atoms with E-state index in [2.05, 4.69) is 10.4 Å². The van der Waals surface area contributed by atoms with Crippen LogP contribution in [-0.4, -0.2) is 9.78 Å². The van der Waals surface area contributed by atoms with E-state index in [-0.39, 0.29) is 31.1 Å². The van der Waals surface area contributed by atoms with E-state index in [1.807, 2.05) is 0 Å². The summed E-state index contributed by atoms with van der Waals surface area (Å²) in [6.07, 6.45) is 1.16. The molecule has 0 amide bonds. The van der Waals surface area contributed by atoms with Crippen molar-refractivity contribution in [2.45, 2.75) is 19.6 Å². The average Bonchev–Trinajstić information content (AvgIpc) is 2.83. The second-order valence-corrected chi connectivity index (χ2v) is 3.88. The standard InChI is InChI=1S/C12H11F4N3.ClH/c13-10-3-1-2-8(11(10)14)6-17-7-9-4-5-19(18-9)12(15)16;/h1-5,12,17H,6-7H2;1H. The van der Waals surface area contributed by atoms with Crippen LogP contribution in [0.4, 0.5) is 17.6 Å². The van der Waals surface area contributed by atoms with Gasteiger partial charge in [-0.1, -0.05) is 12.1 Å². The molecule has 0 aliphatic heterocycles. The highest BCUT2D eigenvalue weighted by Crippen LogP contribution is 2.11. The molecule has 1 N–H and O–H groups in total. The SMILES string of the molecule is Cl.Fc1cccc(CNCc2ccn(C(F)F)n2)c1F. The molecule has 1 heterocycles. The predicted molar refractivity (Wildman–Crippen MR) is 67.6 cm³/mol. The van der Waals surface area contributed by atoms with Crippen LogP contribution in [0.2, 0.25) is 0 Å². The van der Waals surface area contributed by atoms with Gasteiger partial charge in [0, 0.05) is 24.8 Å². The van der Waals surface area contributed by atoms with Gasteiger partial charge in [-0.15, -0.1) is 12.4 Å². The Bertz CT molecular complexity index is 559. The highest BCUT2D eigenvalue weighted by atomic mass is 35.5. The summed E-state index contributed by atoms with van der Waals surface area (Å²) in [4.78, 5) is 0. The van der Waals surface area contributed by atoms with Crippen LogP contribution < -0.4 is 5.32 Å². The summed E-state index contributed by atoms with van der Waals surface area (Å²) in [5, 5.41) is 6.43. The van der Waals surface area contributed by atoms with Crippen LogP contribution in [0.25, 0.3) is 0 Å². The Morgan fingerprint density at radius 2 is 1.90 bits per heavy atom. The lowest BCUT2D eigenvalue weighted by atomic mass is 10.2. The molecule has 0 spiro atoms. The molecule has 20 heavy (non-hydrogen) atoms. The highest BCUT2D eigenvalue weighted by Gasteiger charge is 2.09. The van der Waals surface area contributed by atoms with Crippen molar-refractivity contribution in [2.24, 2.45) is 0 Å². The molecule has 0 radical (unpaired) electrons. The van der Waals surface area contributed by atoms with Gasteiger partial charge >= 0.3 is 6.55 Å². The maximum absolute atomic E-state index is 13.3. The normalized spacial score (nSPS) is 10.7. The number of aromatic nitrogens is 2. The molecular weight excluding hydrogens is 298 g/mol. The van der Waals surface area contributed by atoms with Crippen LogP contribution in [-0.2, 0) is 13.1 Å². The van der Waals surface area contributed by atoms with Gasteiger partial charge in [0.05, 0.1) is 5.69 Å². The van der Waals surface area contributed by atoms with E-state index in [0.717, 1.165) is 12.3 Å². The molecule has 0 fully saturated rings. The second-order valence-electron chi connectivity index (χ2n) is 3.88. The Balaban J connectivity index is 0.00000200. The van der Waals surface area contributed by atoms with Gasteiger partial charge in [0.15, 0.2) is 11.6 Å². The summed E-state index contributed by atoms with van der Waals surface area (Å²) < 4.78 is 51.3. The predicted octanol–water partition coefficient (Wildman–Crippen LogP) is 3.27. The zero-order chi connectivity index (χ0) is 13.8. The van der Waals surface area contributed by atoms with E-state index in [1.54, 1.807) is 0 Å². The van der Waals surface area contributed by atoms with E-state index in [0.29, 0.717) is 10.4 Å². The zero-order valence-corrected chi connectivity index (χ0v) is 11.0. The summed E-state index contributed by atoms with van der Waals surface area (Å²) >= 11 is 0. The molecule has 0 unspecified atom stereocenters. The maximum Gasteiger partial charge on any atom is 0.333 e. The molecule has 0 aliphatic carbocycles. The summed E-state index contributed by atoms with van der Waals surface area (Å²) in [5.74, 6) is -1.82. The quantitative estimate of drug-likeness (QED) is 0.859. The van der Waals surface area contributed by atoms with Gasteiger partial charge in [-0.05, 0) is 12.1 Å². The van der Waals surface area contributed by atoms with Crippen molar-refractivity contribution >= 4 is 12.4 Å². The molecule has 2 rings (SSSR count). The van der Waals surface area contributed by atoms with E-state index in [9.17, 15) is 17.6 Å². The Morgan fingerprint density at radius 1 is 1.15 bits per heavy atom. The molecule has 1 aromatic heterocycles. The first-order valence-electron chi connectivity index (χ1n) is 5.53. The Kier molecular flexibility index (Phi) is 5.97. The van der Waals surface area contributed by atoms with Gasteiger partial charge in [-0.25, -0.2) is 13.5 Å². The smallest absolute Gasteiger partial charge is 0.307 e. The van der Waals surface area contributed by atoms with Crippen molar-refractivity contribution in [2.75, 3.05) is 0 Å². The van der Waals surface area contributed by atoms with E-state index < -0.39 is 18.2 Å². The maximum atomic E-state index is 13.3. The molecule has 0 aliphatic rings. The fraction of sp³-hybridized carbons (Fsp3) is 0.250. The van der Waals surface area contributed by atoms with Crippen LogP contribution in [0.15, 0.2) is 30.5 Å². The van der Waals surface area contributed by atoms with Crippen molar-refractivity contribution in [1.82, 2.24) is 15.1 Å². The van der Waals surface area contributed by atoms with Crippen molar-refractivity contribution in [3.8, 4) is 0 Å². The second kappa shape index (κ2) is 7.25. The Morgan fingerprint density at radius 3 is 2.55 bits per heavy atom. The van der Waals surface area contributed by atoms with Crippen LogP contribution in [0.3, 0.4) is 0 Å². The fourth-order valence-electron chi connectivity index (χ4n) is 1.59. The number of halogens is 5. The minimum absolute atomic E-state index is 0. The molecule has 2 aromatic rings. The lowest BCUT2D eigenvalue weighted by molar-refractivity contribution is 0.0561. The molecule has 0 atom stereocenters. The van der Waals surface area contributed by atoms with Crippen LogP contribution in [0.5, 0.6) is 0 Å². The number of alkyl halides is 2. The molecule has 0 bridgehead atoms. The monoisotopic (exact) mass is 309 g/mol. The van der Waals surface area contributed by atoms with Crippen molar-refractivity contribution in [1.29, 1.82) is 0 Å². The van der Waals surface area contributed by atoms with Crippen molar-refractivity contribution in [3.05, 3.63) is 53.4 Å². The lowest BCUT2D eigenvalue weighted by Gasteiger charge is -2.05. The molecule has 0 saturated heterocycles. The largest absolute Gasteiger partial charge is 0.333 e. The first-order valence-corrected chi connectivity index (χ1v) is 5.53. The fourth-order valence-corrected chi connectivity index (χ4v) is 1.59. The van der Waals surface area contributed by atoms with Gasteiger partial charge in [0.2, 0.25) is 0 Å². The minimum atomic E-state index is -2.69. The number of benzene rings is 1. The first kappa shape index (κ1) is 16.5. The molecular formula is C12H12ClF4N3. The first-order chi connectivity index (χ1) is 9.08. The number of nitrogens with zero attached hydrogens (tertiary/aromatic N) is 2. The number of hydrogen-bond acceptors (Lipinski definition) is 2. The molecule has 8 heteroatoms. The topological polar surface area (TPSA) is 29.9 Å². The van der Waals surface area contributed by atoms with Gasteiger partial charge < -0.3 is 5.32 Å². The van der Waals surface area contributed by atoms with Gasteiger partial charge in [-0.3, -0.25) is 0 Å².